The Labute approximate surface area is 136 Å². The summed E-state index contributed by atoms with van der Waals surface area (Å²) in [5, 5.41) is 7.57. The first kappa shape index (κ1) is 16.9. The SMILES string of the molecule is Fc1cccc(CCNCCNCCc2ccccc2Cl)c1. The van der Waals surface area contributed by atoms with Gasteiger partial charge >= 0.3 is 0 Å². The standard InChI is InChI=1S/C18H22ClFN2/c19-18-7-2-1-5-16(18)9-11-22-13-12-21-10-8-15-4-3-6-17(20)14-15/h1-7,14,21-22H,8-13H2. The van der Waals surface area contributed by atoms with Crippen molar-refractivity contribution in [3.63, 3.8) is 0 Å². The van der Waals surface area contributed by atoms with Crippen LogP contribution in [0.25, 0.3) is 0 Å². The predicted octanol–water partition coefficient (Wildman–Crippen LogP) is 3.44. The van der Waals surface area contributed by atoms with Crippen LogP contribution in [0.4, 0.5) is 4.39 Å². The van der Waals surface area contributed by atoms with E-state index in [0.29, 0.717) is 0 Å². The molecule has 0 fully saturated rings. The lowest BCUT2D eigenvalue weighted by Gasteiger charge is -2.08. The van der Waals surface area contributed by atoms with Crippen molar-refractivity contribution in [2.24, 2.45) is 0 Å². The average Bonchev–Trinajstić information content (AvgIpc) is 2.51. The highest BCUT2D eigenvalue weighted by Gasteiger charge is 1.98. The minimum atomic E-state index is -0.168. The van der Waals surface area contributed by atoms with Gasteiger partial charge in [0, 0.05) is 18.1 Å². The first-order valence-electron chi connectivity index (χ1n) is 7.65. The second kappa shape index (κ2) is 9.57. The molecule has 0 saturated carbocycles. The van der Waals surface area contributed by atoms with Gasteiger partial charge in [-0.25, -0.2) is 4.39 Å². The highest BCUT2D eigenvalue weighted by Crippen LogP contribution is 2.14. The number of rotatable bonds is 9. The van der Waals surface area contributed by atoms with Crippen molar-refractivity contribution in [3.8, 4) is 0 Å². The summed E-state index contributed by atoms with van der Waals surface area (Å²) in [6.45, 7) is 3.58. The highest BCUT2D eigenvalue weighted by molar-refractivity contribution is 6.31. The van der Waals surface area contributed by atoms with Crippen LogP contribution in [0.3, 0.4) is 0 Å². The molecule has 2 aromatic rings. The number of benzene rings is 2. The van der Waals surface area contributed by atoms with E-state index in [0.717, 1.165) is 49.6 Å². The van der Waals surface area contributed by atoms with Crippen molar-refractivity contribution < 1.29 is 4.39 Å². The van der Waals surface area contributed by atoms with Gasteiger partial charge in [0.1, 0.15) is 5.82 Å². The molecule has 0 amide bonds. The van der Waals surface area contributed by atoms with Gasteiger partial charge in [-0.05, 0) is 55.3 Å². The highest BCUT2D eigenvalue weighted by atomic mass is 35.5. The van der Waals surface area contributed by atoms with Crippen LogP contribution in [-0.4, -0.2) is 26.2 Å². The largest absolute Gasteiger partial charge is 0.315 e. The second-order valence-electron chi connectivity index (χ2n) is 5.22. The molecule has 0 aliphatic heterocycles. The van der Waals surface area contributed by atoms with E-state index in [1.54, 1.807) is 12.1 Å². The Kier molecular flexibility index (Phi) is 7.37. The molecular weight excluding hydrogens is 299 g/mol. The lowest BCUT2D eigenvalue weighted by atomic mass is 10.1. The first-order chi connectivity index (χ1) is 10.8. The van der Waals surface area contributed by atoms with E-state index in [2.05, 4.69) is 16.7 Å². The van der Waals surface area contributed by atoms with Crippen molar-refractivity contribution in [2.75, 3.05) is 26.2 Å². The third-order valence-corrected chi connectivity index (χ3v) is 3.86. The fraction of sp³-hybridized carbons (Fsp3) is 0.333. The van der Waals surface area contributed by atoms with Gasteiger partial charge in [-0.3, -0.25) is 0 Å². The lowest BCUT2D eigenvalue weighted by Crippen LogP contribution is -2.29. The van der Waals surface area contributed by atoms with Crippen molar-refractivity contribution >= 4 is 11.6 Å². The number of nitrogens with one attached hydrogen (secondary N) is 2. The minimum Gasteiger partial charge on any atom is -0.315 e. The van der Waals surface area contributed by atoms with E-state index in [-0.39, 0.29) is 5.82 Å². The maximum Gasteiger partial charge on any atom is 0.123 e. The van der Waals surface area contributed by atoms with Crippen LogP contribution in [0.2, 0.25) is 5.02 Å². The molecule has 2 rings (SSSR count). The Hall–Kier alpha value is -1.42. The van der Waals surface area contributed by atoms with Crippen LogP contribution in [0.1, 0.15) is 11.1 Å². The van der Waals surface area contributed by atoms with E-state index in [1.165, 1.54) is 11.6 Å². The molecule has 2 aromatic carbocycles. The average molecular weight is 321 g/mol. The quantitative estimate of drug-likeness (QED) is 0.692. The molecule has 4 heteroatoms. The zero-order valence-electron chi connectivity index (χ0n) is 12.6. The van der Waals surface area contributed by atoms with Crippen molar-refractivity contribution in [3.05, 3.63) is 70.5 Å². The fourth-order valence-corrected chi connectivity index (χ4v) is 2.51. The lowest BCUT2D eigenvalue weighted by molar-refractivity contribution is 0.606. The summed E-state index contributed by atoms with van der Waals surface area (Å²) in [7, 11) is 0. The van der Waals surface area contributed by atoms with Crippen LogP contribution in [0.15, 0.2) is 48.5 Å². The number of hydrogen-bond acceptors (Lipinski definition) is 2. The maximum absolute atomic E-state index is 13.0. The first-order valence-corrected chi connectivity index (χ1v) is 8.03. The van der Waals surface area contributed by atoms with Crippen LogP contribution >= 0.6 is 11.6 Å². The summed E-state index contributed by atoms with van der Waals surface area (Å²) in [6, 6.07) is 14.7. The number of hydrogen-bond donors (Lipinski definition) is 2. The van der Waals surface area contributed by atoms with E-state index in [1.807, 2.05) is 24.3 Å². The summed E-state index contributed by atoms with van der Waals surface area (Å²) >= 11 is 6.11. The summed E-state index contributed by atoms with van der Waals surface area (Å²) < 4.78 is 13.0. The topological polar surface area (TPSA) is 24.1 Å². The van der Waals surface area contributed by atoms with Gasteiger partial charge in [0.15, 0.2) is 0 Å². The Bertz CT molecular complexity index is 575. The van der Waals surface area contributed by atoms with Crippen LogP contribution in [0, 0.1) is 5.82 Å². The van der Waals surface area contributed by atoms with Gasteiger partial charge in [-0.2, -0.15) is 0 Å². The molecule has 0 aromatic heterocycles. The van der Waals surface area contributed by atoms with Gasteiger partial charge < -0.3 is 10.6 Å². The van der Waals surface area contributed by atoms with Crippen LogP contribution in [0.5, 0.6) is 0 Å². The molecule has 0 radical (unpaired) electrons. The molecule has 0 aliphatic rings. The Morgan fingerprint density at radius 2 is 1.55 bits per heavy atom. The summed E-state index contributed by atoms with van der Waals surface area (Å²) in [5.41, 5.74) is 2.20. The van der Waals surface area contributed by atoms with Crippen molar-refractivity contribution in [1.29, 1.82) is 0 Å². The summed E-state index contributed by atoms with van der Waals surface area (Å²) in [5.74, 6) is -0.168. The van der Waals surface area contributed by atoms with E-state index < -0.39 is 0 Å². The van der Waals surface area contributed by atoms with E-state index in [9.17, 15) is 4.39 Å². The van der Waals surface area contributed by atoms with E-state index in [4.69, 9.17) is 11.6 Å². The molecule has 0 bridgehead atoms. The molecule has 0 unspecified atom stereocenters. The molecule has 0 saturated heterocycles. The van der Waals surface area contributed by atoms with E-state index >= 15 is 0 Å². The molecule has 0 heterocycles. The third-order valence-electron chi connectivity index (χ3n) is 3.49. The fourth-order valence-electron chi connectivity index (χ4n) is 2.28. The summed E-state index contributed by atoms with van der Waals surface area (Å²) in [6.07, 6.45) is 1.78. The minimum absolute atomic E-state index is 0.168. The van der Waals surface area contributed by atoms with Crippen LogP contribution < -0.4 is 10.6 Å². The smallest absolute Gasteiger partial charge is 0.123 e. The predicted molar refractivity (Wildman–Crippen MR) is 91.0 cm³/mol. The monoisotopic (exact) mass is 320 g/mol. The van der Waals surface area contributed by atoms with Crippen LogP contribution in [-0.2, 0) is 12.8 Å². The molecule has 118 valence electrons. The third kappa shape index (κ3) is 6.14. The molecule has 2 N–H and O–H groups in total. The Balaban J connectivity index is 1.50. The van der Waals surface area contributed by atoms with Gasteiger partial charge in [0.25, 0.3) is 0 Å². The molecule has 2 nitrogen and oxygen atoms in total. The van der Waals surface area contributed by atoms with Gasteiger partial charge in [0.05, 0.1) is 0 Å². The van der Waals surface area contributed by atoms with Gasteiger partial charge in [0.2, 0.25) is 0 Å². The molecule has 0 aliphatic carbocycles. The normalized spacial score (nSPS) is 10.8. The zero-order chi connectivity index (χ0) is 15.6. The maximum atomic E-state index is 13.0. The Morgan fingerprint density at radius 3 is 2.27 bits per heavy atom. The molecule has 22 heavy (non-hydrogen) atoms. The second-order valence-corrected chi connectivity index (χ2v) is 5.63. The zero-order valence-corrected chi connectivity index (χ0v) is 13.4. The Morgan fingerprint density at radius 1 is 0.818 bits per heavy atom. The number of halogens is 2. The van der Waals surface area contributed by atoms with Crippen molar-refractivity contribution in [2.45, 2.75) is 12.8 Å². The summed E-state index contributed by atoms with van der Waals surface area (Å²) in [4.78, 5) is 0. The molecule has 0 spiro atoms. The van der Waals surface area contributed by atoms with Gasteiger partial charge in [-0.1, -0.05) is 41.9 Å². The van der Waals surface area contributed by atoms with Gasteiger partial charge in [-0.15, -0.1) is 0 Å². The molecule has 0 atom stereocenters. The van der Waals surface area contributed by atoms with Crippen molar-refractivity contribution in [1.82, 2.24) is 10.6 Å². The molecular formula is C18H22ClFN2.